The summed E-state index contributed by atoms with van der Waals surface area (Å²) in [7, 11) is 0. The lowest BCUT2D eigenvalue weighted by Gasteiger charge is -2.23. The number of anilines is 1. The summed E-state index contributed by atoms with van der Waals surface area (Å²) in [5, 5.41) is 16.2. The smallest absolute Gasteiger partial charge is 0.283 e. The van der Waals surface area contributed by atoms with Gasteiger partial charge in [0.05, 0.1) is 25.0 Å². The van der Waals surface area contributed by atoms with E-state index >= 15 is 0 Å². The highest BCUT2D eigenvalue weighted by atomic mass is 79.9. The van der Waals surface area contributed by atoms with Crippen molar-refractivity contribution in [3.63, 3.8) is 0 Å². The molecule has 6 nitrogen and oxygen atoms in total. The summed E-state index contributed by atoms with van der Waals surface area (Å²) in [5.74, 6) is 0. The van der Waals surface area contributed by atoms with E-state index in [2.05, 4.69) is 38.2 Å². The molecule has 1 aliphatic rings. The van der Waals surface area contributed by atoms with Gasteiger partial charge in [-0.15, -0.1) is 0 Å². The predicted molar refractivity (Wildman–Crippen MR) is 82.0 cm³/mol. The molecule has 1 fully saturated rings. The van der Waals surface area contributed by atoms with Crippen molar-refractivity contribution in [3.05, 3.63) is 21.0 Å². The Morgan fingerprint density at radius 1 is 1.60 bits per heavy atom. The Kier molecular flexibility index (Phi) is 5.56. The van der Waals surface area contributed by atoms with Gasteiger partial charge in [-0.05, 0) is 41.9 Å². The minimum Gasteiger partial charge on any atom is -0.394 e. The summed E-state index contributed by atoms with van der Waals surface area (Å²) < 4.78 is 1.73. The van der Waals surface area contributed by atoms with Gasteiger partial charge in [-0.3, -0.25) is 9.69 Å². The molecule has 2 N–H and O–H groups in total. The number of hydrogen-bond acceptors (Lipinski definition) is 5. The van der Waals surface area contributed by atoms with Gasteiger partial charge in [0.1, 0.15) is 4.47 Å². The van der Waals surface area contributed by atoms with E-state index in [-0.39, 0.29) is 18.7 Å². The fourth-order valence-electron chi connectivity index (χ4n) is 2.61. The molecule has 2 rings (SSSR count). The van der Waals surface area contributed by atoms with E-state index in [1.807, 2.05) is 0 Å². The zero-order valence-corrected chi connectivity index (χ0v) is 13.3. The third-order valence-electron chi connectivity index (χ3n) is 3.73. The van der Waals surface area contributed by atoms with Gasteiger partial charge in [-0.25, -0.2) is 4.68 Å². The molecule has 0 aromatic carbocycles. The molecule has 0 aliphatic carbocycles. The Bertz CT molecular complexity index is 506. The molecule has 20 heavy (non-hydrogen) atoms. The Morgan fingerprint density at radius 3 is 3.10 bits per heavy atom. The van der Waals surface area contributed by atoms with E-state index in [0.717, 1.165) is 19.6 Å². The van der Waals surface area contributed by atoms with Gasteiger partial charge < -0.3 is 10.4 Å². The Balaban J connectivity index is 2.03. The standard InChI is InChI=1S/C13H21BrN4O2/c1-2-17-5-3-4-10(17)8-15-11-9-16-18(6-7-19)13(20)12(11)14/h9-10,15,19H,2-8H2,1H3. The number of aromatic nitrogens is 2. The normalized spacial score (nSPS) is 19.4. The van der Waals surface area contributed by atoms with Crippen LogP contribution in [0.25, 0.3) is 0 Å². The SMILES string of the molecule is CCN1CCCC1CNc1cnn(CCO)c(=O)c1Br. The third kappa shape index (κ3) is 3.39. The summed E-state index contributed by atoms with van der Waals surface area (Å²) in [6.45, 7) is 5.32. The molecule has 1 atom stereocenters. The first-order chi connectivity index (χ1) is 9.67. The van der Waals surface area contributed by atoms with E-state index < -0.39 is 0 Å². The number of hydrogen-bond donors (Lipinski definition) is 2. The van der Waals surface area contributed by atoms with Crippen LogP contribution in [0.3, 0.4) is 0 Å². The van der Waals surface area contributed by atoms with Gasteiger partial charge in [0.2, 0.25) is 0 Å². The van der Waals surface area contributed by atoms with Gasteiger partial charge in [0.15, 0.2) is 0 Å². The van der Waals surface area contributed by atoms with E-state index in [1.54, 1.807) is 6.20 Å². The maximum atomic E-state index is 12.0. The van der Waals surface area contributed by atoms with Crippen molar-refractivity contribution in [2.24, 2.45) is 0 Å². The van der Waals surface area contributed by atoms with E-state index in [9.17, 15) is 4.79 Å². The van der Waals surface area contributed by atoms with Gasteiger partial charge in [0, 0.05) is 12.6 Å². The molecule has 2 heterocycles. The molecule has 1 aliphatic heterocycles. The van der Waals surface area contributed by atoms with Crippen LogP contribution in [-0.4, -0.2) is 52.1 Å². The van der Waals surface area contributed by atoms with Crippen molar-refractivity contribution in [2.75, 3.05) is 31.6 Å². The summed E-state index contributed by atoms with van der Waals surface area (Å²) in [6.07, 6.45) is 4.05. The third-order valence-corrected chi connectivity index (χ3v) is 4.50. The molecule has 1 aromatic heterocycles. The lowest BCUT2D eigenvalue weighted by Crippen LogP contribution is -2.35. The van der Waals surface area contributed by atoms with Crippen molar-refractivity contribution in [3.8, 4) is 0 Å². The molecule has 112 valence electrons. The molecule has 1 unspecified atom stereocenters. The number of aliphatic hydroxyl groups excluding tert-OH is 1. The van der Waals surface area contributed by atoms with Crippen LogP contribution in [0, 0.1) is 0 Å². The van der Waals surface area contributed by atoms with Crippen LogP contribution in [0.2, 0.25) is 0 Å². The van der Waals surface area contributed by atoms with Crippen LogP contribution < -0.4 is 10.9 Å². The molecule has 0 saturated carbocycles. The highest BCUT2D eigenvalue weighted by Gasteiger charge is 2.22. The van der Waals surface area contributed by atoms with Gasteiger partial charge >= 0.3 is 0 Å². The van der Waals surface area contributed by atoms with E-state index in [4.69, 9.17) is 5.11 Å². The molecular formula is C13H21BrN4O2. The zero-order valence-electron chi connectivity index (χ0n) is 11.7. The monoisotopic (exact) mass is 344 g/mol. The molecule has 1 saturated heterocycles. The molecule has 0 radical (unpaired) electrons. The zero-order chi connectivity index (χ0) is 14.5. The van der Waals surface area contributed by atoms with Crippen molar-refractivity contribution < 1.29 is 5.11 Å². The van der Waals surface area contributed by atoms with Gasteiger partial charge in [-0.2, -0.15) is 5.10 Å². The molecule has 1 aromatic rings. The summed E-state index contributed by atoms with van der Waals surface area (Å²) >= 11 is 3.31. The first-order valence-corrected chi connectivity index (χ1v) is 7.81. The van der Waals surface area contributed by atoms with Crippen LogP contribution in [0.5, 0.6) is 0 Å². The number of likely N-dealkylation sites (N-methyl/N-ethyl adjacent to an activating group) is 1. The second-order valence-corrected chi connectivity index (χ2v) is 5.72. The largest absolute Gasteiger partial charge is 0.394 e. The van der Waals surface area contributed by atoms with Gasteiger partial charge in [-0.1, -0.05) is 6.92 Å². The highest BCUT2D eigenvalue weighted by molar-refractivity contribution is 9.10. The molecule has 7 heteroatoms. The number of nitrogens with one attached hydrogen (secondary N) is 1. The average molecular weight is 345 g/mol. The van der Waals surface area contributed by atoms with Crippen molar-refractivity contribution in [2.45, 2.75) is 32.4 Å². The predicted octanol–water partition coefficient (Wildman–Crippen LogP) is 0.894. The second kappa shape index (κ2) is 7.19. The van der Waals surface area contributed by atoms with Gasteiger partial charge in [0.25, 0.3) is 5.56 Å². The summed E-state index contributed by atoms with van der Waals surface area (Å²) in [5.41, 5.74) is 0.495. The lowest BCUT2D eigenvalue weighted by molar-refractivity contribution is 0.266. The average Bonchev–Trinajstić information content (AvgIpc) is 2.91. The fourth-order valence-corrected chi connectivity index (χ4v) is 3.06. The number of nitrogens with zero attached hydrogens (tertiary/aromatic N) is 3. The van der Waals surface area contributed by atoms with E-state index in [0.29, 0.717) is 16.2 Å². The first-order valence-electron chi connectivity index (χ1n) is 7.01. The number of rotatable bonds is 6. The van der Waals surface area contributed by atoms with Crippen LogP contribution in [0.15, 0.2) is 15.5 Å². The quantitative estimate of drug-likeness (QED) is 0.802. The van der Waals surface area contributed by atoms with Crippen molar-refractivity contribution in [1.82, 2.24) is 14.7 Å². The van der Waals surface area contributed by atoms with Crippen LogP contribution >= 0.6 is 15.9 Å². The summed E-state index contributed by atoms with van der Waals surface area (Å²) in [6, 6.07) is 0.520. The van der Waals surface area contributed by atoms with E-state index in [1.165, 1.54) is 17.5 Å². The minimum atomic E-state index is -0.220. The minimum absolute atomic E-state index is 0.0976. The molecular weight excluding hydrogens is 324 g/mol. The Morgan fingerprint density at radius 2 is 2.40 bits per heavy atom. The number of aliphatic hydroxyl groups is 1. The van der Waals surface area contributed by atoms with Crippen LogP contribution in [0.4, 0.5) is 5.69 Å². The Labute approximate surface area is 126 Å². The lowest BCUT2D eigenvalue weighted by atomic mass is 10.2. The molecule has 0 amide bonds. The molecule has 0 spiro atoms. The topological polar surface area (TPSA) is 70.4 Å². The van der Waals surface area contributed by atoms with Crippen molar-refractivity contribution in [1.29, 1.82) is 0 Å². The number of likely N-dealkylation sites (tertiary alicyclic amines) is 1. The molecule has 0 bridgehead atoms. The maximum absolute atomic E-state index is 12.0. The van der Waals surface area contributed by atoms with Crippen molar-refractivity contribution >= 4 is 21.6 Å². The summed E-state index contributed by atoms with van der Waals surface area (Å²) in [4.78, 5) is 14.4. The number of halogens is 1. The van der Waals surface area contributed by atoms with Crippen LogP contribution in [0.1, 0.15) is 19.8 Å². The Hall–Kier alpha value is -0.920. The highest BCUT2D eigenvalue weighted by Crippen LogP contribution is 2.20. The maximum Gasteiger partial charge on any atom is 0.283 e. The second-order valence-electron chi connectivity index (χ2n) is 4.93. The first kappa shape index (κ1) is 15.5. The van der Waals surface area contributed by atoms with Crippen LogP contribution in [-0.2, 0) is 6.54 Å². The fraction of sp³-hybridized carbons (Fsp3) is 0.692.